The lowest BCUT2D eigenvalue weighted by Gasteiger charge is -2.26. The average Bonchev–Trinajstić information content (AvgIpc) is 3.07. The van der Waals surface area contributed by atoms with Gasteiger partial charge in [0, 0.05) is 43.6 Å². The van der Waals surface area contributed by atoms with Gasteiger partial charge in [0.1, 0.15) is 5.82 Å². The van der Waals surface area contributed by atoms with E-state index >= 15 is 0 Å². The number of carbonyl (C=O) groups excluding carboxylic acids is 1. The van der Waals surface area contributed by atoms with Crippen LogP contribution in [0.1, 0.15) is 25.1 Å². The summed E-state index contributed by atoms with van der Waals surface area (Å²) in [6, 6.07) is 8.53. The van der Waals surface area contributed by atoms with Gasteiger partial charge >= 0.3 is 0 Å². The third-order valence-corrected chi connectivity index (χ3v) is 4.57. The largest absolute Gasteiger partial charge is 0.370 e. The van der Waals surface area contributed by atoms with Crippen molar-refractivity contribution in [2.75, 3.05) is 26.2 Å². The van der Waals surface area contributed by atoms with E-state index in [1.807, 2.05) is 11.0 Å². The second-order valence-electron chi connectivity index (χ2n) is 7.47. The lowest BCUT2D eigenvalue weighted by atomic mass is 10.2. The summed E-state index contributed by atoms with van der Waals surface area (Å²) in [5, 5.41) is 6.91. The SMILES string of the molecule is CC(C)CN1CC(OCc2ccccc2F)CN(Cc2ccn[nH]2)CC1=O. The van der Waals surface area contributed by atoms with Gasteiger partial charge in [0.05, 0.1) is 19.3 Å². The molecule has 6 nitrogen and oxygen atoms in total. The molecule has 0 aliphatic carbocycles. The molecule has 7 heteroatoms. The minimum absolute atomic E-state index is 0.0974. The highest BCUT2D eigenvalue weighted by atomic mass is 19.1. The van der Waals surface area contributed by atoms with E-state index in [1.165, 1.54) is 6.07 Å². The van der Waals surface area contributed by atoms with Crippen molar-refractivity contribution in [2.24, 2.45) is 5.92 Å². The highest BCUT2D eigenvalue weighted by Crippen LogP contribution is 2.15. The predicted octanol–water partition coefficient (Wildman–Crippen LogP) is 2.43. The molecule has 1 saturated heterocycles. The number of halogens is 1. The first-order chi connectivity index (χ1) is 13.0. The van der Waals surface area contributed by atoms with Crippen molar-refractivity contribution in [3.8, 4) is 0 Å². The molecule has 1 atom stereocenters. The molecular formula is C20H27FN4O2. The van der Waals surface area contributed by atoms with Crippen molar-refractivity contribution >= 4 is 5.91 Å². The lowest BCUT2D eigenvalue weighted by Crippen LogP contribution is -2.40. The maximum Gasteiger partial charge on any atom is 0.236 e. The highest BCUT2D eigenvalue weighted by molar-refractivity contribution is 5.78. The number of aromatic amines is 1. The number of aromatic nitrogens is 2. The maximum atomic E-state index is 13.9. The summed E-state index contributed by atoms with van der Waals surface area (Å²) >= 11 is 0. The molecule has 1 N–H and O–H groups in total. The number of hydrogen-bond donors (Lipinski definition) is 1. The van der Waals surface area contributed by atoms with E-state index in [0.717, 1.165) is 5.69 Å². The molecule has 27 heavy (non-hydrogen) atoms. The van der Waals surface area contributed by atoms with Crippen LogP contribution in [0.2, 0.25) is 0 Å². The lowest BCUT2D eigenvalue weighted by molar-refractivity contribution is -0.132. The van der Waals surface area contributed by atoms with E-state index < -0.39 is 0 Å². The Morgan fingerprint density at radius 2 is 2.11 bits per heavy atom. The molecule has 0 radical (unpaired) electrons. The van der Waals surface area contributed by atoms with E-state index in [2.05, 4.69) is 28.9 Å². The average molecular weight is 374 g/mol. The summed E-state index contributed by atoms with van der Waals surface area (Å²) in [6.07, 6.45) is 1.52. The Morgan fingerprint density at radius 1 is 1.30 bits per heavy atom. The second-order valence-corrected chi connectivity index (χ2v) is 7.47. The van der Waals surface area contributed by atoms with E-state index in [9.17, 15) is 9.18 Å². The first-order valence-corrected chi connectivity index (χ1v) is 9.34. The fraction of sp³-hybridized carbons (Fsp3) is 0.500. The highest BCUT2D eigenvalue weighted by Gasteiger charge is 2.29. The van der Waals surface area contributed by atoms with Crippen LogP contribution in [0.15, 0.2) is 36.5 Å². The van der Waals surface area contributed by atoms with E-state index in [4.69, 9.17) is 4.74 Å². The van der Waals surface area contributed by atoms with Gasteiger partial charge in [0.25, 0.3) is 0 Å². The van der Waals surface area contributed by atoms with Crippen LogP contribution in [-0.2, 0) is 22.7 Å². The molecule has 1 aliphatic rings. The Labute approximate surface area is 159 Å². The van der Waals surface area contributed by atoms with Gasteiger partial charge in [-0.3, -0.25) is 14.8 Å². The third-order valence-electron chi connectivity index (χ3n) is 4.57. The molecule has 3 rings (SSSR count). The summed E-state index contributed by atoms with van der Waals surface area (Å²) < 4.78 is 19.9. The van der Waals surface area contributed by atoms with Gasteiger partial charge in [-0.05, 0) is 18.1 Å². The van der Waals surface area contributed by atoms with E-state index in [-0.39, 0.29) is 24.4 Å². The van der Waals surface area contributed by atoms with Gasteiger partial charge in [0.15, 0.2) is 0 Å². The van der Waals surface area contributed by atoms with Crippen LogP contribution < -0.4 is 0 Å². The van der Waals surface area contributed by atoms with Gasteiger partial charge < -0.3 is 9.64 Å². The van der Waals surface area contributed by atoms with Gasteiger partial charge in [-0.1, -0.05) is 32.0 Å². The summed E-state index contributed by atoms with van der Waals surface area (Å²) in [7, 11) is 0. The molecule has 1 fully saturated rings. The van der Waals surface area contributed by atoms with Crippen molar-refractivity contribution in [3.63, 3.8) is 0 Å². The zero-order valence-corrected chi connectivity index (χ0v) is 15.9. The molecule has 1 aromatic heterocycles. The number of nitrogens with one attached hydrogen (secondary N) is 1. The smallest absolute Gasteiger partial charge is 0.236 e. The Hall–Kier alpha value is -2.25. The minimum atomic E-state index is -0.268. The van der Waals surface area contributed by atoms with Crippen molar-refractivity contribution in [1.82, 2.24) is 20.0 Å². The zero-order chi connectivity index (χ0) is 19.2. The standard InChI is InChI=1S/C20H27FN4O2/c1-15(2)9-25-12-18(27-14-16-5-3-4-6-19(16)21)11-24(13-20(25)26)10-17-7-8-22-23-17/h3-8,15,18H,9-14H2,1-2H3,(H,22,23). The molecule has 0 bridgehead atoms. The Kier molecular flexibility index (Phi) is 6.58. The van der Waals surface area contributed by atoms with Crippen molar-refractivity contribution in [2.45, 2.75) is 33.1 Å². The fourth-order valence-electron chi connectivity index (χ4n) is 3.33. The number of H-pyrrole nitrogens is 1. The van der Waals surface area contributed by atoms with Crippen molar-refractivity contribution < 1.29 is 13.9 Å². The molecule has 0 spiro atoms. The number of nitrogens with zero attached hydrogens (tertiary/aromatic N) is 3. The summed E-state index contributed by atoms with van der Waals surface area (Å²) in [4.78, 5) is 16.6. The second kappa shape index (κ2) is 9.10. The quantitative estimate of drug-likeness (QED) is 0.809. The van der Waals surface area contributed by atoms with Crippen LogP contribution in [0.25, 0.3) is 0 Å². The number of amides is 1. The van der Waals surface area contributed by atoms with Crippen LogP contribution >= 0.6 is 0 Å². The van der Waals surface area contributed by atoms with Crippen molar-refractivity contribution in [3.05, 3.63) is 53.6 Å². The Bertz CT molecular complexity index is 735. The number of rotatable bonds is 7. The third kappa shape index (κ3) is 5.61. The Morgan fingerprint density at radius 3 is 2.81 bits per heavy atom. The molecule has 1 amide bonds. The van der Waals surface area contributed by atoms with Gasteiger partial charge in [-0.25, -0.2) is 4.39 Å². The van der Waals surface area contributed by atoms with Crippen LogP contribution in [0.5, 0.6) is 0 Å². The monoisotopic (exact) mass is 374 g/mol. The van der Waals surface area contributed by atoms with E-state index in [0.29, 0.717) is 44.2 Å². The number of ether oxygens (including phenoxy) is 1. The molecule has 1 aliphatic heterocycles. The predicted molar refractivity (Wildman–Crippen MR) is 100 cm³/mol. The van der Waals surface area contributed by atoms with Gasteiger partial charge in [-0.2, -0.15) is 5.10 Å². The van der Waals surface area contributed by atoms with Crippen LogP contribution in [0.3, 0.4) is 0 Å². The van der Waals surface area contributed by atoms with E-state index in [1.54, 1.807) is 24.4 Å². The molecule has 146 valence electrons. The zero-order valence-electron chi connectivity index (χ0n) is 15.9. The van der Waals surface area contributed by atoms with Crippen LogP contribution in [0, 0.1) is 11.7 Å². The minimum Gasteiger partial charge on any atom is -0.370 e. The summed E-state index contributed by atoms with van der Waals surface area (Å²) in [5.74, 6) is 0.205. The number of carbonyl (C=O) groups is 1. The summed E-state index contributed by atoms with van der Waals surface area (Å²) in [5.41, 5.74) is 1.48. The molecule has 2 heterocycles. The number of benzene rings is 1. The fourth-order valence-corrected chi connectivity index (χ4v) is 3.33. The van der Waals surface area contributed by atoms with Crippen molar-refractivity contribution in [1.29, 1.82) is 0 Å². The number of hydrogen-bond acceptors (Lipinski definition) is 4. The molecule has 1 unspecified atom stereocenters. The molecule has 2 aromatic rings. The maximum absolute atomic E-state index is 13.9. The first-order valence-electron chi connectivity index (χ1n) is 9.34. The summed E-state index contributed by atoms with van der Waals surface area (Å²) in [6.45, 7) is 7.13. The van der Waals surface area contributed by atoms with Gasteiger partial charge in [0.2, 0.25) is 5.91 Å². The molecular weight excluding hydrogens is 347 g/mol. The molecule has 0 saturated carbocycles. The topological polar surface area (TPSA) is 61.5 Å². The molecule has 1 aromatic carbocycles. The Balaban J connectivity index is 1.70. The normalized spacial score (nSPS) is 18.9. The van der Waals surface area contributed by atoms with Crippen LogP contribution in [0.4, 0.5) is 4.39 Å². The van der Waals surface area contributed by atoms with Gasteiger partial charge in [-0.15, -0.1) is 0 Å². The first kappa shape index (κ1) is 19.5. The van der Waals surface area contributed by atoms with Crippen LogP contribution in [-0.4, -0.2) is 58.2 Å².